The third-order valence-electron chi connectivity index (χ3n) is 1.26. The van der Waals surface area contributed by atoms with Crippen molar-refractivity contribution in [1.82, 2.24) is 0 Å². The molecule has 0 heterocycles. The van der Waals surface area contributed by atoms with Crippen LogP contribution in [0.25, 0.3) is 0 Å². The lowest BCUT2D eigenvalue weighted by molar-refractivity contribution is -0.260. The fourth-order valence-corrected chi connectivity index (χ4v) is 12.2. The van der Waals surface area contributed by atoms with Gasteiger partial charge in [0.1, 0.15) is 0 Å². The van der Waals surface area contributed by atoms with E-state index in [9.17, 15) is 14.4 Å². The van der Waals surface area contributed by atoms with Crippen LogP contribution in [0, 0.1) is 0 Å². The Hall–Kier alpha value is 1.02. The van der Waals surface area contributed by atoms with Gasteiger partial charge in [-0.3, -0.25) is 0 Å². The van der Waals surface area contributed by atoms with Gasteiger partial charge >= 0.3 is 60.9 Å². The molecule has 0 aromatic carbocycles. The number of hydrogen-bond donors (Lipinski definition) is 14. The Morgan fingerprint density at radius 2 is 0.568 bits per heavy atom. The van der Waals surface area contributed by atoms with E-state index in [1.54, 1.807) is 0 Å². The van der Waals surface area contributed by atoms with E-state index >= 15 is 0 Å². The van der Waals surface area contributed by atoms with Crippen LogP contribution in [0.15, 0.2) is 0 Å². The van der Waals surface area contributed by atoms with Gasteiger partial charge in [-0.2, -0.15) is 0 Å². The fraction of sp³-hybridized carbons (Fsp3) is 1.00. The summed E-state index contributed by atoms with van der Waals surface area (Å²) in [5.41, 5.74) is 0. The second-order valence-electron chi connectivity index (χ2n) is 9.36. The maximum absolute atomic E-state index is 9.47. The molecule has 0 fully saturated rings. The highest BCUT2D eigenvalue weighted by Gasteiger charge is 2.44. The summed E-state index contributed by atoms with van der Waals surface area (Å²) >= 11 is 0. The third-order valence-corrected chi connectivity index (χ3v) is 11.4. The highest BCUT2D eigenvalue weighted by Crippen LogP contribution is 2.13. The Balaban J connectivity index is -0.000000124. The van der Waals surface area contributed by atoms with Gasteiger partial charge in [0.2, 0.25) is 8.80 Å². The first-order valence-corrected chi connectivity index (χ1v) is 30.2. The summed E-state index contributed by atoms with van der Waals surface area (Å²) in [6.07, 6.45) is 0. The summed E-state index contributed by atoms with van der Waals surface area (Å²) in [6.45, 7) is 14.1. The standard InChI is InChI=1S/C4H16O6Si3.C3H12O4Si2.C2H8O2Si.CH6O3Si.CH5O3Si/c1-11(2,5)9-13(4,8)10-12(3,6)7;1-8(2,4)7-9(3,5)6;3*1-5(2,3)4/h5-8H,1-4H3;4-6H,1-3H3;3-4H,1-2H3;2-4H,1H3;2-3H,1H3/q;;;;-1. The summed E-state index contributed by atoms with van der Waals surface area (Å²) in [5.74, 6) is 0. The average Bonchev–Trinajstić information content (AvgIpc) is 2.18. The van der Waals surface area contributed by atoms with E-state index in [1.165, 1.54) is 52.4 Å². The zero-order chi connectivity index (χ0) is 32.1. The monoisotopic (exact) mass is 691 g/mol. The van der Waals surface area contributed by atoms with Crippen molar-refractivity contribution in [3.05, 3.63) is 0 Å². The van der Waals surface area contributed by atoms with Crippen molar-refractivity contribution >= 4 is 69.7 Å². The van der Waals surface area contributed by atoms with E-state index in [-0.39, 0.29) is 0 Å². The van der Waals surface area contributed by atoms with E-state index in [1.807, 2.05) is 0 Å². The lowest BCUT2D eigenvalue weighted by atomic mass is 11.9. The molecular weight excluding hydrogens is 645 g/mol. The van der Waals surface area contributed by atoms with Gasteiger partial charge in [0.15, 0.2) is 0 Å². The zero-order valence-corrected chi connectivity index (χ0v) is 30.9. The van der Waals surface area contributed by atoms with Gasteiger partial charge in [0, 0.05) is 26.2 Å². The van der Waals surface area contributed by atoms with Gasteiger partial charge < -0.3 is 84.3 Å². The van der Waals surface area contributed by atoms with Crippen molar-refractivity contribution in [2.45, 2.75) is 72.0 Å². The van der Waals surface area contributed by atoms with Crippen LogP contribution in [-0.4, -0.2) is 137 Å². The highest BCUT2D eigenvalue weighted by molar-refractivity contribution is 6.79. The smallest absolute Gasteiger partial charge is 0.489 e. The lowest BCUT2D eigenvalue weighted by Crippen LogP contribution is -2.55. The van der Waals surface area contributed by atoms with E-state index in [0.29, 0.717) is 0 Å². The Kier molecular flexibility index (Phi) is 22.9. The summed E-state index contributed by atoms with van der Waals surface area (Å²) in [7, 11) is -26.6. The molecule has 14 N–H and O–H groups in total. The van der Waals surface area contributed by atoms with Crippen LogP contribution in [0.2, 0.25) is 72.0 Å². The van der Waals surface area contributed by atoms with Gasteiger partial charge in [0.05, 0.1) is 0 Å². The first-order valence-electron chi connectivity index (χ1n) is 10.1. The number of hydrogen-bond acceptors (Lipinski definition) is 18. The van der Waals surface area contributed by atoms with Crippen LogP contribution in [0.5, 0.6) is 0 Å². The molecule has 0 bridgehead atoms. The Bertz CT molecular complexity index is 487. The van der Waals surface area contributed by atoms with E-state index in [0.717, 1.165) is 19.6 Å². The van der Waals surface area contributed by atoms with Gasteiger partial charge in [-0.25, -0.2) is 0 Å². The molecule has 0 radical (unpaired) electrons. The van der Waals surface area contributed by atoms with Gasteiger partial charge in [-0.1, -0.05) is 0 Å². The van der Waals surface area contributed by atoms with Crippen molar-refractivity contribution in [3.8, 4) is 0 Å². The molecule has 1 unspecified atom stereocenters. The van der Waals surface area contributed by atoms with Gasteiger partial charge in [0.25, 0.3) is 0 Å². The molecular formula is C11H47O18Si8-. The highest BCUT2D eigenvalue weighted by atomic mass is 28.5. The first kappa shape index (κ1) is 47.8. The molecule has 232 valence electrons. The molecule has 0 aliphatic rings. The van der Waals surface area contributed by atoms with Gasteiger partial charge in [-0.15, -0.1) is 0 Å². The molecule has 1 atom stereocenters. The van der Waals surface area contributed by atoms with E-state index < -0.39 is 69.7 Å². The SMILES string of the molecule is C[Si](C)(O)O.C[Si](C)(O)O[Si](C)(O)O.C[Si](C)(O)O[Si](C)(O)O[Si](C)(O)O.C[Si](O)(O)O.C[Si]([O-])(O)O. The van der Waals surface area contributed by atoms with E-state index in [2.05, 4.69) is 8.23 Å². The second-order valence-corrected chi connectivity index (χ2v) is 29.9. The molecule has 0 aliphatic heterocycles. The van der Waals surface area contributed by atoms with Crippen molar-refractivity contribution in [3.63, 3.8) is 0 Å². The van der Waals surface area contributed by atoms with Crippen LogP contribution in [0.4, 0.5) is 0 Å². The maximum Gasteiger partial charge on any atom is 0.489 e. The summed E-state index contributed by atoms with van der Waals surface area (Å²) < 4.78 is 14.1. The van der Waals surface area contributed by atoms with Crippen molar-refractivity contribution in [2.24, 2.45) is 0 Å². The predicted molar refractivity (Wildman–Crippen MR) is 145 cm³/mol. The van der Waals surface area contributed by atoms with Gasteiger partial charge in [-0.05, 0) is 45.8 Å². The molecule has 0 rings (SSSR count). The molecule has 0 aromatic heterocycles. The second kappa shape index (κ2) is 17.7. The fourth-order valence-electron chi connectivity index (χ4n) is 1.32. The molecule has 0 spiro atoms. The maximum atomic E-state index is 9.47. The minimum Gasteiger partial charge on any atom is -0.817 e. The Morgan fingerprint density at radius 1 is 0.405 bits per heavy atom. The van der Waals surface area contributed by atoms with Crippen molar-refractivity contribution in [2.75, 3.05) is 0 Å². The molecule has 0 aliphatic carbocycles. The minimum absolute atomic E-state index is 0.882. The van der Waals surface area contributed by atoms with Crippen LogP contribution < -0.4 is 4.80 Å². The topological polar surface area (TPSA) is 334 Å². The quantitative estimate of drug-likeness (QED) is 0.115. The molecule has 0 saturated heterocycles. The Morgan fingerprint density at radius 3 is 0.649 bits per heavy atom. The molecule has 0 aromatic rings. The molecule has 26 heteroatoms. The molecule has 0 saturated carbocycles. The minimum atomic E-state index is -3.86. The molecule has 0 amide bonds. The van der Waals surface area contributed by atoms with Crippen LogP contribution in [-0.2, 0) is 12.3 Å². The lowest BCUT2D eigenvalue weighted by Gasteiger charge is -2.29. The largest absolute Gasteiger partial charge is 0.817 e. The number of rotatable bonds is 6. The predicted octanol–water partition coefficient (Wildman–Crippen LogP) is -5.82. The van der Waals surface area contributed by atoms with Crippen LogP contribution in [0.3, 0.4) is 0 Å². The summed E-state index contributed by atoms with van der Waals surface area (Å²) in [6, 6.07) is 0. The van der Waals surface area contributed by atoms with Crippen LogP contribution in [0.1, 0.15) is 0 Å². The van der Waals surface area contributed by atoms with E-state index in [4.69, 9.17) is 61.7 Å². The van der Waals surface area contributed by atoms with Crippen molar-refractivity contribution < 1.29 is 84.3 Å². The first-order chi connectivity index (χ1) is 15.1. The normalized spacial score (nSPS) is 14.8. The zero-order valence-electron chi connectivity index (χ0n) is 22.9. The summed E-state index contributed by atoms with van der Waals surface area (Å²) in [4.78, 5) is 127. The third kappa shape index (κ3) is 126. The molecule has 37 heavy (non-hydrogen) atoms. The molecule has 18 nitrogen and oxygen atoms in total. The average molecular weight is 692 g/mol. The summed E-state index contributed by atoms with van der Waals surface area (Å²) in [5, 5.41) is 0. The van der Waals surface area contributed by atoms with Crippen LogP contribution >= 0.6 is 0 Å². The Labute approximate surface area is 225 Å². The van der Waals surface area contributed by atoms with Crippen molar-refractivity contribution in [1.29, 1.82) is 0 Å².